The number of likely N-dealkylation sites (tertiary alicyclic amines) is 1. The summed E-state index contributed by atoms with van der Waals surface area (Å²) in [5.41, 5.74) is 0.741. The van der Waals surface area contributed by atoms with E-state index in [9.17, 15) is 14.4 Å². The van der Waals surface area contributed by atoms with Crippen molar-refractivity contribution in [1.82, 2.24) is 15.2 Å². The Hall–Kier alpha value is -2.48. The lowest BCUT2D eigenvalue weighted by Crippen LogP contribution is -2.42. The number of nitrogens with one attached hydrogen (secondary N) is 1. The molecule has 3 aliphatic rings. The molecule has 8 nitrogen and oxygen atoms in total. The SMILES string of the molecule is CCOc1ncccc1CNC(=O)CN1C(=O)[C@@H]2[C@@H](C1=O)[C@H]1CC[C@H]2O1. The third-order valence-electron chi connectivity index (χ3n) is 5.28. The fraction of sp³-hybridized carbons (Fsp3) is 0.556. The van der Waals surface area contributed by atoms with Crippen molar-refractivity contribution < 1.29 is 23.9 Å². The van der Waals surface area contributed by atoms with Gasteiger partial charge >= 0.3 is 0 Å². The average Bonchev–Trinajstić information content (AvgIpc) is 3.31. The molecule has 0 spiro atoms. The van der Waals surface area contributed by atoms with E-state index in [4.69, 9.17) is 9.47 Å². The molecule has 138 valence electrons. The van der Waals surface area contributed by atoms with E-state index in [-0.39, 0.29) is 43.0 Å². The summed E-state index contributed by atoms with van der Waals surface area (Å²) in [5, 5.41) is 2.73. The first-order valence-corrected chi connectivity index (χ1v) is 8.94. The van der Waals surface area contributed by atoms with Gasteiger partial charge in [-0.25, -0.2) is 4.98 Å². The molecular formula is C18H21N3O5. The zero-order valence-electron chi connectivity index (χ0n) is 14.5. The number of amides is 3. The number of hydrogen-bond donors (Lipinski definition) is 1. The molecular weight excluding hydrogens is 338 g/mol. The summed E-state index contributed by atoms with van der Waals surface area (Å²) in [5.74, 6) is -1.29. The summed E-state index contributed by atoms with van der Waals surface area (Å²) < 4.78 is 11.1. The molecule has 0 aliphatic carbocycles. The molecule has 0 unspecified atom stereocenters. The topological polar surface area (TPSA) is 97.8 Å². The van der Waals surface area contributed by atoms with E-state index in [0.717, 1.165) is 23.3 Å². The molecule has 0 aromatic carbocycles. The Bertz CT molecular complexity index is 724. The fourth-order valence-corrected chi connectivity index (χ4v) is 4.15. The lowest BCUT2D eigenvalue weighted by Gasteiger charge is -2.17. The van der Waals surface area contributed by atoms with Gasteiger partial charge in [0.2, 0.25) is 23.6 Å². The molecule has 1 aromatic heterocycles. The Labute approximate surface area is 150 Å². The van der Waals surface area contributed by atoms with Gasteiger partial charge in [-0.05, 0) is 25.8 Å². The van der Waals surface area contributed by atoms with Gasteiger partial charge in [0, 0.05) is 18.3 Å². The fourth-order valence-electron chi connectivity index (χ4n) is 4.15. The summed E-state index contributed by atoms with van der Waals surface area (Å²) in [6, 6.07) is 3.57. The maximum absolute atomic E-state index is 12.6. The molecule has 4 heterocycles. The van der Waals surface area contributed by atoms with E-state index in [1.165, 1.54) is 0 Å². The normalized spacial score (nSPS) is 29.2. The number of carbonyl (C=O) groups excluding carboxylic acids is 3. The van der Waals surface area contributed by atoms with E-state index in [2.05, 4.69) is 10.3 Å². The summed E-state index contributed by atoms with van der Waals surface area (Å²) in [6.45, 7) is 2.30. The predicted molar refractivity (Wildman–Crippen MR) is 88.8 cm³/mol. The molecule has 26 heavy (non-hydrogen) atoms. The van der Waals surface area contributed by atoms with E-state index in [1.54, 1.807) is 12.3 Å². The summed E-state index contributed by atoms with van der Waals surface area (Å²) in [6.07, 6.45) is 2.91. The highest BCUT2D eigenvalue weighted by Gasteiger charge is 2.62. The smallest absolute Gasteiger partial charge is 0.240 e. The molecule has 0 saturated carbocycles. The van der Waals surface area contributed by atoms with Gasteiger partial charge in [-0.2, -0.15) is 0 Å². The largest absolute Gasteiger partial charge is 0.478 e. The predicted octanol–water partition coefficient (Wildman–Crippen LogP) is 0.259. The lowest BCUT2D eigenvalue weighted by atomic mass is 9.81. The molecule has 4 atom stereocenters. The molecule has 0 radical (unpaired) electrons. The molecule has 1 N–H and O–H groups in total. The number of aromatic nitrogens is 1. The maximum atomic E-state index is 12.6. The number of imide groups is 1. The first kappa shape index (κ1) is 17.0. The minimum absolute atomic E-state index is 0.168. The van der Waals surface area contributed by atoms with Crippen LogP contribution >= 0.6 is 0 Å². The summed E-state index contributed by atoms with van der Waals surface area (Å²) >= 11 is 0. The Morgan fingerprint density at radius 3 is 2.65 bits per heavy atom. The molecule has 3 saturated heterocycles. The summed E-state index contributed by atoms with van der Waals surface area (Å²) in [4.78, 5) is 42.6. The van der Waals surface area contributed by atoms with Gasteiger partial charge < -0.3 is 14.8 Å². The highest BCUT2D eigenvalue weighted by atomic mass is 16.5. The standard InChI is InChI=1S/C18H21N3O5/c1-2-25-16-10(4-3-7-19-16)8-20-13(22)9-21-17(23)14-11-5-6-12(26-11)15(14)18(21)24/h3-4,7,11-12,14-15H,2,5-6,8-9H2,1H3,(H,20,22)/t11-,12-,14+,15+/m1/s1. The number of carbonyl (C=O) groups is 3. The van der Waals surface area contributed by atoms with Crippen molar-refractivity contribution in [3.05, 3.63) is 23.9 Å². The van der Waals surface area contributed by atoms with Crippen LogP contribution in [0, 0.1) is 11.8 Å². The number of nitrogens with zero attached hydrogens (tertiary/aromatic N) is 2. The van der Waals surface area contributed by atoms with Crippen LogP contribution in [0.3, 0.4) is 0 Å². The number of hydrogen-bond acceptors (Lipinski definition) is 6. The van der Waals surface area contributed by atoms with Gasteiger partial charge in [-0.3, -0.25) is 19.3 Å². The van der Waals surface area contributed by atoms with Crippen LogP contribution in [-0.4, -0.2) is 53.0 Å². The second-order valence-corrected chi connectivity index (χ2v) is 6.78. The molecule has 8 heteroatoms. The van der Waals surface area contributed by atoms with Gasteiger partial charge in [0.15, 0.2) is 0 Å². The Kier molecular flexibility index (Phi) is 4.36. The van der Waals surface area contributed by atoms with Crippen LogP contribution in [0.15, 0.2) is 18.3 Å². The van der Waals surface area contributed by atoms with Crippen molar-refractivity contribution in [2.75, 3.05) is 13.2 Å². The molecule has 3 amide bonds. The van der Waals surface area contributed by atoms with Crippen LogP contribution in [0.1, 0.15) is 25.3 Å². The molecule has 4 rings (SSSR count). The van der Waals surface area contributed by atoms with Crippen LogP contribution in [-0.2, 0) is 25.7 Å². The van der Waals surface area contributed by atoms with Crippen LogP contribution in [0.4, 0.5) is 0 Å². The van der Waals surface area contributed by atoms with E-state index >= 15 is 0 Å². The van der Waals surface area contributed by atoms with E-state index < -0.39 is 11.8 Å². The van der Waals surface area contributed by atoms with E-state index in [0.29, 0.717) is 12.5 Å². The van der Waals surface area contributed by atoms with Crippen LogP contribution < -0.4 is 10.1 Å². The van der Waals surface area contributed by atoms with Crippen LogP contribution in [0.2, 0.25) is 0 Å². The minimum Gasteiger partial charge on any atom is -0.478 e. The molecule has 1 aromatic rings. The highest BCUT2D eigenvalue weighted by Crippen LogP contribution is 2.48. The Balaban J connectivity index is 1.37. The van der Waals surface area contributed by atoms with Crippen LogP contribution in [0.5, 0.6) is 5.88 Å². The van der Waals surface area contributed by atoms with Gasteiger partial charge in [-0.15, -0.1) is 0 Å². The lowest BCUT2D eigenvalue weighted by molar-refractivity contribution is -0.146. The van der Waals surface area contributed by atoms with Crippen molar-refractivity contribution >= 4 is 17.7 Å². The first-order valence-electron chi connectivity index (χ1n) is 8.94. The van der Waals surface area contributed by atoms with Crippen LogP contribution in [0.25, 0.3) is 0 Å². The monoisotopic (exact) mass is 359 g/mol. The third-order valence-corrected chi connectivity index (χ3v) is 5.28. The molecule has 3 fully saturated rings. The average molecular weight is 359 g/mol. The Morgan fingerprint density at radius 2 is 2.00 bits per heavy atom. The molecule has 2 bridgehead atoms. The van der Waals surface area contributed by atoms with Crippen molar-refractivity contribution in [3.8, 4) is 5.88 Å². The highest BCUT2D eigenvalue weighted by molar-refractivity contribution is 6.08. The summed E-state index contributed by atoms with van der Waals surface area (Å²) in [7, 11) is 0. The van der Waals surface area contributed by atoms with Crippen molar-refractivity contribution in [2.24, 2.45) is 11.8 Å². The number of fused-ring (bicyclic) bond motifs is 5. The zero-order valence-corrected chi connectivity index (χ0v) is 14.5. The zero-order chi connectivity index (χ0) is 18.3. The van der Waals surface area contributed by atoms with Crippen molar-refractivity contribution in [2.45, 2.75) is 38.5 Å². The third kappa shape index (κ3) is 2.74. The first-order chi connectivity index (χ1) is 12.6. The number of rotatable bonds is 6. The van der Waals surface area contributed by atoms with E-state index in [1.807, 2.05) is 13.0 Å². The maximum Gasteiger partial charge on any atom is 0.240 e. The van der Waals surface area contributed by atoms with Gasteiger partial charge in [0.1, 0.15) is 6.54 Å². The number of ether oxygens (including phenoxy) is 2. The Morgan fingerprint density at radius 1 is 1.31 bits per heavy atom. The van der Waals surface area contributed by atoms with Gasteiger partial charge in [-0.1, -0.05) is 6.07 Å². The van der Waals surface area contributed by atoms with Crippen molar-refractivity contribution in [1.29, 1.82) is 0 Å². The minimum atomic E-state index is -0.406. The second-order valence-electron chi connectivity index (χ2n) is 6.78. The molecule has 3 aliphatic heterocycles. The number of pyridine rings is 1. The van der Waals surface area contributed by atoms with Crippen molar-refractivity contribution in [3.63, 3.8) is 0 Å². The van der Waals surface area contributed by atoms with Gasteiger partial charge in [0.05, 0.1) is 30.7 Å². The quantitative estimate of drug-likeness (QED) is 0.732. The van der Waals surface area contributed by atoms with Gasteiger partial charge in [0.25, 0.3) is 0 Å². The second kappa shape index (κ2) is 6.68.